The molecule has 6 nitrogen and oxygen atoms in total. The Morgan fingerprint density at radius 2 is 1.81 bits per heavy atom. The van der Waals surface area contributed by atoms with Crippen LogP contribution in [0.2, 0.25) is 0 Å². The molecule has 0 aliphatic rings. The SMILES string of the molecule is Cc1c(Br)c(=O)c(C(=O)NCc2ccc(S(C)(=O)=O)cc2)cn1C(C)C. The van der Waals surface area contributed by atoms with Gasteiger partial charge in [-0.3, -0.25) is 9.59 Å². The second-order valence-electron chi connectivity index (χ2n) is 6.37. The summed E-state index contributed by atoms with van der Waals surface area (Å²) in [5.41, 5.74) is 1.20. The molecule has 1 aromatic heterocycles. The van der Waals surface area contributed by atoms with Crippen molar-refractivity contribution in [2.45, 2.75) is 38.3 Å². The molecular weight excluding hydrogens is 420 g/mol. The highest BCUT2D eigenvalue weighted by molar-refractivity contribution is 9.10. The lowest BCUT2D eigenvalue weighted by Crippen LogP contribution is -2.30. The van der Waals surface area contributed by atoms with E-state index in [0.717, 1.165) is 17.5 Å². The van der Waals surface area contributed by atoms with E-state index in [1.807, 2.05) is 25.3 Å². The highest BCUT2D eigenvalue weighted by Crippen LogP contribution is 2.17. The van der Waals surface area contributed by atoms with E-state index in [1.54, 1.807) is 18.3 Å². The van der Waals surface area contributed by atoms with Gasteiger partial charge < -0.3 is 9.88 Å². The van der Waals surface area contributed by atoms with Crippen molar-refractivity contribution in [3.63, 3.8) is 0 Å². The van der Waals surface area contributed by atoms with Crippen LogP contribution in [0.5, 0.6) is 0 Å². The van der Waals surface area contributed by atoms with E-state index >= 15 is 0 Å². The van der Waals surface area contributed by atoms with Crippen molar-refractivity contribution < 1.29 is 13.2 Å². The Labute approximate surface area is 161 Å². The summed E-state index contributed by atoms with van der Waals surface area (Å²) >= 11 is 3.27. The van der Waals surface area contributed by atoms with Crippen molar-refractivity contribution in [1.29, 1.82) is 0 Å². The van der Waals surface area contributed by atoms with Gasteiger partial charge in [0.25, 0.3) is 5.91 Å². The lowest BCUT2D eigenvalue weighted by Gasteiger charge is -2.17. The first-order chi connectivity index (χ1) is 12.0. The molecular formula is C18H21BrN2O4S. The summed E-state index contributed by atoms with van der Waals surface area (Å²) in [4.78, 5) is 25.1. The number of halogens is 1. The van der Waals surface area contributed by atoms with Crippen LogP contribution in [0.3, 0.4) is 0 Å². The Kier molecular flexibility index (Phi) is 6.08. The molecule has 0 radical (unpaired) electrons. The van der Waals surface area contributed by atoms with Gasteiger partial charge >= 0.3 is 0 Å². The van der Waals surface area contributed by atoms with Crippen molar-refractivity contribution in [2.75, 3.05) is 6.26 Å². The third-order valence-electron chi connectivity index (χ3n) is 4.02. The maximum absolute atomic E-state index is 12.5. The Hall–Kier alpha value is -1.93. The minimum atomic E-state index is -3.26. The van der Waals surface area contributed by atoms with Crippen LogP contribution in [0, 0.1) is 6.92 Å². The average Bonchev–Trinajstić information content (AvgIpc) is 2.57. The summed E-state index contributed by atoms with van der Waals surface area (Å²) in [7, 11) is -3.26. The Balaban J connectivity index is 2.22. The smallest absolute Gasteiger partial charge is 0.257 e. The summed E-state index contributed by atoms with van der Waals surface area (Å²) < 4.78 is 25.2. The second kappa shape index (κ2) is 7.75. The number of benzene rings is 1. The normalized spacial score (nSPS) is 11.6. The Morgan fingerprint density at radius 1 is 1.23 bits per heavy atom. The monoisotopic (exact) mass is 440 g/mol. The molecule has 1 heterocycles. The van der Waals surface area contributed by atoms with E-state index in [2.05, 4.69) is 21.2 Å². The van der Waals surface area contributed by atoms with Gasteiger partial charge in [0.1, 0.15) is 5.56 Å². The third-order valence-corrected chi connectivity index (χ3v) is 6.09. The summed E-state index contributed by atoms with van der Waals surface area (Å²) in [6, 6.07) is 6.35. The summed E-state index contributed by atoms with van der Waals surface area (Å²) in [6.07, 6.45) is 2.70. The lowest BCUT2D eigenvalue weighted by molar-refractivity contribution is 0.0948. The Bertz CT molecular complexity index is 993. The van der Waals surface area contributed by atoms with Crippen molar-refractivity contribution in [1.82, 2.24) is 9.88 Å². The standard InChI is InChI=1S/C18H21BrN2O4S/c1-11(2)21-10-15(17(22)16(19)12(21)3)18(23)20-9-13-5-7-14(8-6-13)26(4,24)25/h5-8,10-11H,9H2,1-4H3,(H,20,23). The minimum Gasteiger partial charge on any atom is -0.348 e. The number of carbonyl (C=O) groups excluding carboxylic acids is 1. The molecule has 0 saturated heterocycles. The van der Waals surface area contributed by atoms with E-state index in [9.17, 15) is 18.0 Å². The van der Waals surface area contributed by atoms with Gasteiger partial charge in [-0.2, -0.15) is 0 Å². The number of amides is 1. The van der Waals surface area contributed by atoms with Gasteiger partial charge in [-0.1, -0.05) is 12.1 Å². The van der Waals surface area contributed by atoms with Crippen LogP contribution in [0.1, 0.15) is 41.5 Å². The molecule has 1 amide bonds. The topological polar surface area (TPSA) is 85.2 Å². The van der Waals surface area contributed by atoms with Crippen molar-refractivity contribution in [2.24, 2.45) is 0 Å². The molecule has 1 N–H and O–H groups in total. The number of hydrogen-bond acceptors (Lipinski definition) is 4. The molecule has 0 aliphatic heterocycles. The van der Waals surface area contributed by atoms with Gasteiger partial charge in [0, 0.05) is 30.7 Å². The molecule has 0 unspecified atom stereocenters. The zero-order valence-corrected chi connectivity index (χ0v) is 17.4. The number of aromatic nitrogens is 1. The zero-order valence-electron chi connectivity index (χ0n) is 15.0. The summed E-state index contributed by atoms with van der Waals surface area (Å²) in [5, 5.41) is 2.70. The van der Waals surface area contributed by atoms with Crippen LogP contribution in [0.15, 0.2) is 44.6 Å². The molecule has 0 bridgehead atoms. The highest BCUT2D eigenvalue weighted by Gasteiger charge is 2.17. The molecule has 0 fully saturated rings. The first-order valence-electron chi connectivity index (χ1n) is 8.00. The maximum Gasteiger partial charge on any atom is 0.257 e. The molecule has 2 rings (SSSR count). The lowest BCUT2D eigenvalue weighted by atomic mass is 10.2. The van der Waals surface area contributed by atoms with Gasteiger partial charge in [-0.15, -0.1) is 0 Å². The molecule has 26 heavy (non-hydrogen) atoms. The number of nitrogens with zero attached hydrogens (tertiary/aromatic N) is 1. The first kappa shape index (κ1) is 20.4. The third kappa shape index (κ3) is 4.42. The maximum atomic E-state index is 12.5. The number of hydrogen-bond donors (Lipinski definition) is 1. The van der Waals surface area contributed by atoms with E-state index in [-0.39, 0.29) is 28.5 Å². The molecule has 0 spiro atoms. The molecule has 2 aromatic rings. The minimum absolute atomic E-state index is 0.0592. The Morgan fingerprint density at radius 3 is 2.31 bits per heavy atom. The zero-order chi connectivity index (χ0) is 19.6. The molecule has 0 saturated carbocycles. The largest absolute Gasteiger partial charge is 0.348 e. The first-order valence-corrected chi connectivity index (χ1v) is 10.7. The quantitative estimate of drug-likeness (QED) is 0.774. The fourth-order valence-electron chi connectivity index (χ4n) is 2.52. The predicted molar refractivity (Wildman–Crippen MR) is 104 cm³/mol. The number of nitrogens with one attached hydrogen (secondary N) is 1. The number of carbonyl (C=O) groups is 1. The van der Waals surface area contributed by atoms with Crippen LogP contribution in [0.25, 0.3) is 0 Å². The van der Waals surface area contributed by atoms with Crippen LogP contribution >= 0.6 is 15.9 Å². The summed E-state index contributed by atoms with van der Waals surface area (Å²) in [5.74, 6) is -0.475. The van der Waals surface area contributed by atoms with Gasteiger partial charge in [0.05, 0.1) is 9.37 Å². The van der Waals surface area contributed by atoms with Gasteiger partial charge in [-0.25, -0.2) is 8.42 Å². The van der Waals surface area contributed by atoms with Crippen molar-refractivity contribution in [3.05, 3.63) is 62.0 Å². The van der Waals surface area contributed by atoms with E-state index in [0.29, 0.717) is 4.47 Å². The van der Waals surface area contributed by atoms with Crippen LogP contribution in [-0.4, -0.2) is 25.1 Å². The van der Waals surface area contributed by atoms with Crippen molar-refractivity contribution in [3.8, 4) is 0 Å². The van der Waals surface area contributed by atoms with Crippen LogP contribution < -0.4 is 10.7 Å². The fourth-order valence-corrected chi connectivity index (χ4v) is 3.57. The van der Waals surface area contributed by atoms with Gasteiger partial charge in [0.15, 0.2) is 9.84 Å². The van der Waals surface area contributed by atoms with Crippen LogP contribution in [-0.2, 0) is 16.4 Å². The highest BCUT2D eigenvalue weighted by atomic mass is 79.9. The number of rotatable bonds is 5. The average molecular weight is 441 g/mol. The van der Waals surface area contributed by atoms with E-state index in [4.69, 9.17) is 0 Å². The molecule has 0 atom stereocenters. The van der Waals surface area contributed by atoms with E-state index in [1.165, 1.54) is 12.1 Å². The van der Waals surface area contributed by atoms with Gasteiger partial charge in [0.2, 0.25) is 5.43 Å². The van der Waals surface area contributed by atoms with Gasteiger partial charge in [-0.05, 0) is 54.4 Å². The number of sulfone groups is 1. The predicted octanol–water partition coefficient (Wildman–Crippen LogP) is 2.83. The molecule has 140 valence electrons. The van der Waals surface area contributed by atoms with Crippen LogP contribution in [0.4, 0.5) is 0 Å². The summed E-state index contributed by atoms with van der Waals surface area (Å²) in [6.45, 7) is 5.94. The molecule has 8 heteroatoms. The number of pyridine rings is 1. The fraction of sp³-hybridized carbons (Fsp3) is 0.333. The molecule has 1 aromatic carbocycles. The van der Waals surface area contributed by atoms with E-state index < -0.39 is 15.7 Å². The van der Waals surface area contributed by atoms with Crippen molar-refractivity contribution >= 4 is 31.7 Å². The second-order valence-corrected chi connectivity index (χ2v) is 9.18. The molecule has 0 aliphatic carbocycles.